The van der Waals surface area contributed by atoms with E-state index in [4.69, 9.17) is 23.2 Å². The molecule has 1 fully saturated rings. The van der Waals surface area contributed by atoms with Crippen molar-refractivity contribution in [1.82, 2.24) is 5.12 Å². The van der Waals surface area contributed by atoms with Crippen LogP contribution in [0.25, 0.3) is 0 Å². The van der Waals surface area contributed by atoms with E-state index in [-0.39, 0.29) is 34.3 Å². The Balaban J connectivity index is 2.01. The summed E-state index contributed by atoms with van der Waals surface area (Å²) >= 11 is 11.8. The van der Waals surface area contributed by atoms with Gasteiger partial charge in [-0.3, -0.25) is 9.59 Å². The zero-order valence-electron chi connectivity index (χ0n) is 12.7. The lowest BCUT2D eigenvalue weighted by Gasteiger charge is -2.24. The van der Waals surface area contributed by atoms with Crippen molar-refractivity contribution in [3.8, 4) is 0 Å². The van der Waals surface area contributed by atoms with Gasteiger partial charge in [-0.15, -0.1) is 15.1 Å². The Hall–Kier alpha value is -2.52. The topological polar surface area (TPSA) is 109 Å². The van der Waals surface area contributed by atoms with E-state index < -0.39 is 23.3 Å². The summed E-state index contributed by atoms with van der Waals surface area (Å²) < 4.78 is 4.55. The number of nitroso groups, excluding NO2 is 1. The van der Waals surface area contributed by atoms with E-state index in [1.807, 2.05) is 0 Å². The first kappa shape index (κ1) is 17.3. The third-order valence-corrected chi connectivity index (χ3v) is 4.39. The number of rotatable bonds is 3. The molecule has 2 heterocycles. The van der Waals surface area contributed by atoms with Crippen molar-refractivity contribution in [2.24, 2.45) is 10.4 Å². The number of esters is 1. The molecule has 0 saturated carbocycles. The van der Waals surface area contributed by atoms with Crippen LogP contribution in [0.5, 0.6) is 0 Å². The summed E-state index contributed by atoms with van der Waals surface area (Å²) in [7, 11) is 1.14. The van der Waals surface area contributed by atoms with Gasteiger partial charge in [0.25, 0.3) is 5.91 Å². The molecule has 0 aliphatic carbocycles. The Bertz CT molecular complexity index is 822. The molecular weight excluding hydrogens is 375 g/mol. The Morgan fingerprint density at radius 2 is 1.88 bits per heavy atom. The Morgan fingerprint density at radius 1 is 1.24 bits per heavy atom. The lowest BCUT2D eigenvalue weighted by Crippen LogP contribution is -2.48. The fraction of sp³-hybridized carbons (Fsp3) is 0.286. The van der Waals surface area contributed by atoms with Crippen molar-refractivity contribution >= 4 is 52.4 Å². The van der Waals surface area contributed by atoms with Crippen molar-refractivity contribution in [2.45, 2.75) is 18.4 Å². The lowest BCUT2D eigenvalue weighted by molar-refractivity contribution is -0.132. The van der Waals surface area contributed by atoms with Gasteiger partial charge in [-0.25, -0.2) is 9.69 Å². The van der Waals surface area contributed by atoms with Gasteiger partial charge < -0.3 is 4.74 Å². The number of carbonyl (C=O) groups excluding carboxylic acids is 3. The van der Waals surface area contributed by atoms with Crippen molar-refractivity contribution in [2.75, 3.05) is 12.0 Å². The third-order valence-electron chi connectivity index (χ3n) is 3.96. The van der Waals surface area contributed by atoms with Gasteiger partial charge in [0.1, 0.15) is 0 Å². The molecule has 0 bridgehead atoms. The van der Waals surface area contributed by atoms with Gasteiger partial charge in [-0.1, -0.05) is 23.2 Å². The minimum Gasteiger partial charge on any atom is -0.464 e. The number of hydrogen-bond donors (Lipinski definition) is 0. The van der Waals surface area contributed by atoms with Crippen LogP contribution in [0.15, 0.2) is 28.6 Å². The summed E-state index contributed by atoms with van der Waals surface area (Å²) in [4.78, 5) is 49.0. The molecule has 25 heavy (non-hydrogen) atoms. The monoisotopic (exact) mass is 384 g/mol. The van der Waals surface area contributed by atoms with Crippen LogP contribution < -0.4 is 4.90 Å². The number of hydrazone groups is 1. The van der Waals surface area contributed by atoms with E-state index in [1.165, 1.54) is 18.2 Å². The van der Waals surface area contributed by atoms with Gasteiger partial charge in [-0.05, 0) is 18.2 Å². The highest BCUT2D eigenvalue weighted by Gasteiger charge is 2.61. The van der Waals surface area contributed by atoms with E-state index in [1.54, 1.807) is 0 Å². The number of benzene rings is 1. The van der Waals surface area contributed by atoms with E-state index in [2.05, 4.69) is 15.1 Å². The Labute approximate surface area is 151 Å². The minimum absolute atomic E-state index is 0.154. The molecule has 0 N–H and O–H groups in total. The Kier molecular flexibility index (Phi) is 4.21. The SMILES string of the molecule is COC(=O)C1=NN(N=O)[C@]2(CC(=O)N(c3cc(Cl)cc(Cl)c3)C2=O)C1. The molecule has 2 aliphatic rings. The molecule has 2 amide bonds. The summed E-state index contributed by atoms with van der Waals surface area (Å²) in [6.07, 6.45) is -0.660. The molecule has 1 atom stereocenters. The van der Waals surface area contributed by atoms with Gasteiger partial charge in [-0.2, -0.15) is 0 Å². The van der Waals surface area contributed by atoms with Crippen LogP contribution in [0.2, 0.25) is 10.0 Å². The molecule has 2 aliphatic heterocycles. The molecule has 11 heteroatoms. The summed E-state index contributed by atoms with van der Waals surface area (Å²) in [6.45, 7) is 0. The maximum Gasteiger partial charge on any atom is 0.354 e. The van der Waals surface area contributed by atoms with E-state index in [0.717, 1.165) is 12.0 Å². The number of ether oxygens (including phenoxy) is 1. The number of amides is 2. The largest absolute Gasteiger partial charge is 0.464 e. The van der Waals surface area contributed by atoms with Crippen molar-refractivity contribution in [3.05, 3.63) is 33.2 Å². The van der Waals surface area contributed by atoms with Gasteiger partial charge in [0.05, 0.1) is 24.5 Å². The summed E-state index contributed by atoms with van der Waals surface area (Å²) in [5, 5.41) is 7.38. The number of imide groups is 1. The highest BCUT2D eigenvalue weighted by atomic mass is 35.5. The number of hydrogen-bond acceptors (Lipinski definition) is 7. The van der Waals surface area contributed by atoms with Crippen LogP contribution in [0, 0.1) is 4.91 Å². The zero-order chi connectivity index (χ0) is 18.4. The van der Waals surface area contributed by atoms with Crippen LogP contribution in [-0.2, 0) is 19.1 Å². The first-order valence-electron chi connectivity index (χ1n) is 6.95. The second kappa shape index (κ2) is 6.08. The molecule has 0 aromatic heterocycles. The summed E-state index contributed by atoms with van der Waals surface area (Å²) in [5.41, 5.74) is -1.71. The van der Waals surface area contributed by atoms with Crippen LogP contribution in [0.4, 0.5) is 5.69 Å². The van der Waals surface area contributed by atoms with Gasteiger partial charge in [0.2, 0.25) is 5.91 Å². The predicted octanol–water partition coefficient (Wildman–Crippen LogP) is 1.91. The predicted molar refractivity (Wildman–Crippen MR) is 88.0 cm³/mol. The number of halogens is 2. The summed E-state index contributed by atoms with van der Waals surface area (Å²) in [5.74, 6) is -2.16. The minimum atomic E-state index is -1.70. The molecule has 9 nitrogen and oxygen atoms in total. The average Bonchev–Trinajstić information content (AvgIpc) is 3.04. The molecule has 1 saturated heterocycles. The number of anilines is 1. The van der Waals surface area contributed by atoms with Gasteiger partial charge in [0, 0.05) is 16.5 Å². The highest BCUT2D eigenvalue weighted by Crippen LogP contribution is 2.41. The Morgan fingerprint density at radius 3 is 2.44 bits per heavy atom. The quantitative estimate of drug-likeness (QED) is 0.447. The van der Waals surface area contributed by atoms with E-state index in [9.17, 15) is 19.3 Å². The standard InChI is InChI=1S/C14H10Cl2N4O5/c1-25-12(22)10-5-14(20(17-10)18-24)6-11(21)19(13(14)23)9-3-7(15)2-8(16)4-9/h2-4H,5-6H2,1H3/t14-/m0/s1. The molecule has 0 radical (unpaired) electrons. The normalized spacial score (nSPS) is 22.6. The van der Waals surface area contributed by atoms with E-state index in [0.29, 0.717) is 5.12 Å². The third kappa shape index (κ3) is 2.65. The lowest BCUT2D eigenvalue weighted by atomic mass is 9.92. The molecule has 3 rings (SSSR count). The van der Waals surface area contributed by atoms with Crippen LogP contribution in [0.3, 0.4) is 0 Å². The maximum atomic E-state index is 12.9. The van der Waals surface area contributed by atoms with E-state index >= 15 is 0 Å². The molecule has 1 aromatic rings. The number of methoxy groups -OCH3 is 1. The second-order valence-electron chi connectivity index (χ2n) is 5.46. The zero-order valence-corrected chi connectivity index (χ0v) is 14.2. The van der Waals surface area contributed by atoms with Gasteiger partial charge in [0.15, 0.2) is 11.3 Å². The molecule has 0 unspecified atom stereocenters. The van der Waals surface area contributed by atoms with Crippen LogP contribution in [-0.4, -0.2) is 41.3 Å². The average molecular weight is 385 g/mol. The fourth-order valence-electron chi connectivity index (χ4n) is 2.87. The van der Waals surface area contributed by atoms with Crippen molar-refractivity contribution in [1.29, 1.82) is 0 Å². The number of carbonyl (C=O) groups is 3. The van der Waals surface area contributed by atoms with Gasteiger partial charge >= 0.3 is 5.97 Å². The smallest absolute Gasteiger partial charge is 0.354 e. The fourth-order valence-corrected chi connectivity index (χ4v) is 3.39. The summed E-state index contributed by atoms with van der Waals surface area (Å²) in [6, 6.07) is 4.22. The first-order chi connectivity index (χ1) is 11.8. The molecule has 1 aromatic carbocycles. The first-order valence-corrected chi connectivity index (χ1v) is 7.71. The van der Waals surface area contributed by atoms with Crippen molar-refractivity contribution in [3.63, 3.8) is 0 Å². The molecular formula is C14H10Cl2N4O5. The highest BCUT2D eigenvalue weighted by molar-refractivity contribution is 6.39. The molecule has 130 valence electrons. The van der Waals surface area contributed by atoms with Crippen LogP contribution >= 0.6 is 23.2 Å². The van der Waals surface area contributed by atoms with Crippen LogP contribution in [0.1, 0.15) is 12.8 Å². The van der Waals surface area contributed by atoms with Crippen molar-refractivity contribution < 1.29 is 19.1 Å². The number of nitrogens with zero attached hydrogens (tertiary/aromatic N) is 4. The molecule has 1 spiro atoms. The maximum absolute atomic E-state index is 12.9. The second-order valence-corrected chi connectivity index (χ2v) is 6.33.